The summed E-state index contributed by atoms with van der Waals surface area (Å²) in [5.74, 6) is 0. The molecule has 1 aromatic heterocycles. The molecular weight excluding hydrogens is 408 g/mol. The highest BCUT2D eigenvalue weighted by Crippen LogP contribution is 2.19. The van der Waals surface area contributed by atoms with E-state index in [1.54, 1.807) is 12.1 Å². The van der Waals surface area contributed by atoms with E-state index in [2.05, 4.69) is 19.5 Å². The normalized spacial score (nSPS) is 15.7. The van der Waals surface area contributed by atoms with E-state index in [1.165, 1.54) is 0 Å². The van der Waals surface area contributed by atoms with E-state index in [-0.39, 0.29) is 5.03 Å². The lowest BCUT2D eigenvalue weighted by atomic mass is 10.2. The number of nitrogens with zero attached hydrogens (tertiary/aromatic N) is 3. The first kappa shape index (κ1) is 20.1. The number of halogens is 1. The van der Waals surface area contributed by atoms with Crippen molar-refractivity contribution in [3.63, 3.8) is 0 Å². The van der Waals surface area contributed by atoms with Crippen molar-refractivity contribution in [3.05, 3.63) is 65.7 Å². The van der Waals surface area contributed by atoms with Crippen molar-refractivity contribution >= 4 is 38.2 Å². The number of para-hydroxylation sites is 1. The van der Waals surface area contributed by atoms with Crippen LogP contribution in [0.5, 0.6) is 0 Å². The molecule has 0 atom stereocenters. The smallest absolute Gasteiger partial charge is 0.258 e. The van der Waals surface area contributed by atoms with Gasteiger partial charge in [0.2, 0.25) is 0 Å². The Labute approximate surface area is 176 Å². The zero-order valence-electron chi connectivity index (χ0n) is 16.0. The van der Waals surface area contributed by atoms with Crippen LogP contribution in [-0.2, 0) is 10.0 Å². The van der Waals surface area contributed by atoms with Crippen LogP contribution in [0.25, 0.3) is 10.9 Å². The van der Waals surface area contributed by atoms with Crippen LogP contribution < -0.4 is 9.62 Å². The minimum absolute atomic E-state index is 0.0590. The van der Waals surface area contributed by atoms with Gasteiger partial charge in [-0.15, -0.1) is 0 Å². The van der Waals surface area contributed by atoms with Crippen LogP contribution in [0.2, 0.25) is 5.02 Å². The first-order valence-corrected chi connectivity index (χ1v) is 11.5. The molecule has 0 bridgehead atoms. The molecule has 3 aromatic rings. The summed E-state index contributed by atoms with van der Waals surface area (Å²) >= 11 is 5.95. The largest absolute Gasteiger partial charge is 0.369 e. The lowest BCUT2D eigenvalue weighted by molar-refractivity contribution is 0.262. The quantitative estimate of drug-likeness (QED) is 0.651. The lowest BCUT2D eigenvalue weighted by Gasteiger charge is -2.36. The molecule has 1 N–H and O–H groups in total. The van der Waals surface area contributed by atoms with Gasteiger partial charge >= 0.3 is 0 Å². The van der Waals surface area contributed by atoms with Crippen molar-refractivity contribution in [2.45, 2.75) is 5.03 Å². The maximum Gasteiger partial charge on any atom is 0.258 e. The molecule has 0 amide bonds. The Hall–Kier alpha value is -2.19. The number of nitrogens with one attached hydrogen (secondary N) is 1. The molecule has 0 spiro atoms. The highest BCUT2D eigenvalue weighted by molar-refractivity contribution is 7.89. The maximum absolute atomic E-state index is 12.6. The molecule has 8 heteroatoms. The van der Waals surface area contributed by atoms with Crippen molar-refractivity contribution in [1.82, 2.24) is 14.6 Å². The molecule has 4 rings (SSSR count). The standard InChI is InChI=1S/C21H23ClN4O2S/c22-18-6-8-19(9-7-18)26-15-13-25(14-16-26)12-11-23-29(27,28)21-10-5-17-3-1-2-4-20(17)24-21/h1-10,23H,11-16H2. The predicted octanol–water partition coefficient (Wildman–Crippen LogP) is 2.99. The van der Waals surface area contributed by atoms with Crippen LogP contribution in [0.15, 0.2) is 65.7 Å². The van der Waals surface area contributed by atoms with E-state index in [0.29, 0.717) is 18.6 Å². The molecule has 0 radical (unpaired) electrons. The van der Waals surface area contributed by atoms with Gasteiger partial charge in [-0.2, -0.15) is 0 Å². The van der Waals surface area contributed by atoms with Crippen molar-refractivity contribution in [3.8, 4) is 0 Å². The van der Waals surface area contributed by atoms with Gasteiger partial charge in [0, 0.05) is 55.4 Å². The minimum atomic E-state index is -3.62. The number of benzene rings is 2. The molecule has 0 unspecified atom stereocenters. The molecule has 1 fully saturated rings. The van der Waals surface area contributed by atoms with Crippen LogP contribution in [0.4, 0.5) is 5.69 Å². The second-order valence-corrected chi connectivity index (χ2v) is 9.20. The van der Waals surface area contributed by atoms with Crippen LogP contribution in [0.3, 0.4) is 0 Å². The Bertz CT molecular complexity index is 1080. The fourth-order valence-corrected chi connectivity index (χ4v) is 4.59. The third-order valence-electron chi connectivity index (χ3n) is 5.13. The molecule has 1 aliphatic heterocycles. The molecule has 1 saturated heterocycles. The first-order chi connectivity index (χ1) is 14.0. The maximum atomic E-state index is 12.6. The number of piperazine rings is 1. The fraction of sp³-hybridized carbons (Fsp3) is 0.286. The van der Waals surface area contributed by atoms with E-state index in [9.17, 15) is 8.42 Å². The average Bonchev–Trinajstić information content (AvgIpc) is 2.74. The third kappa shape index (κ3) is 4.87. The van der Waals surface area contributed by atoms with Crippen LogP contribution >= 0.6 is 11.6 Å². The topological polar surface area (TPSA) is 65.5 Å². The summed E-state index contributed by atoms with van der Waals surface area (Å²) in [5.41, 5.74) is 1.84. The second kappa shape index (κ2) is 8.67. The Balaban J connectivity index is 1.29. The molecule has 0 saturated carbocycles. The van der Waals surface area contributed by atoms with E-state index < -0.39 is 10.0 Å². The molecule has 2 aromatic carbocycles. The van der Waals surface area contributed by atoms with Gasteiger partial charge in [0.1, 0.15) is 0 Å². The predicted molar refractivity (Wildman–Crippen MR) is 117 cm³/mol. The Kier molecular flexibility index (Phi) is 6.01. The molecule has 1 aliphatic rings. The number of anilines is 1. The zero-order valence-corrected chi connectivity index (χ0v) is 17.5. The number of hydrogen-bond acceptors (Lipinski definition) is 5. The summed E-state index contributed by atoms with van der Waals surface area (Å²) in [6, 6.07) is 18.7. The number of aromatic nitrogens is 1. The molecule has 2 heterocycles. The van der Waals surface area contributed by atoms with E-state index in [4.69, 9.17) is 11.6 Å². The highest BCUT2D eigenvalue weighted by Gasteiger charge is 2.19. The van der Waals surface area contributed by atoms with Crippen LogP contribution in [0, 0.1) is 0 Å². The van der Waals surface area contributed by atoms with Crippen molar-refractivity contribution in [2.75, 3.05) is 44.2 Å². The van der Waals surface area contributed by atoms with Gasteiger partial charge < -0.3 is 4.90 Å². The third-order valence-corrected chi connectivity index (χ3v) is 6.75. The van der Waals surface area contributed by atoms with Gasteiger partial charge in [-0.3, -0.25) is 4.90 Å². The fourth-order valence-electron chi connectivity index (χ4n) is 3.49. The molecular formula is C21H23ClN4O2S. The van der Waals surface area contributed by atoms with Gasteiger partial charge in [-0.05, 0) is 42.5 Å². The second-order valence-electron chi connectivity index (χ2n) is 7.05. The molecule has 29 heavy (non-hydrogen) atoms. The van der Waals surface area contributed by atoms with E-state index in [0.717, 1.165) is 42.3 Å². The number of hydrogen-bond donors (Lipinski definition) is 1. The van der Waals surface area contributed by atoms with E-state index >= 15 is 0 Å². The highest BCUT2D eigenvalue weighted by atomic mass is 35.5. The number of pyridine rings is 1. The first-order valence-electron chi connectivity index (χ1n) is 9.60. The van der Waals surface area contributed by atoms with Gasteiger partial charge in [-0.25, -0.2) is 18.1 Å². The van der Waals surface area contributed by atoms with Crippen LogP contribution in [0.1, 0.15) is 0 Å². The summed E-state index contributed by atoms with van der Waals surface area (Å²) in [7, 11) is -3.62. The summed E-state index contributed by atoms with van der Waals surface area (Å²) in [6.45, 7) is 4.61. The van der Waals surface area contributed by atoms with Gasteiger partial charge in [-0.1, -0.05) is 29.8 Å². The zero-order chi connectivity index (χ0) is 20.3. The average molecular weight is 431 g/mol. The van der Waals surface area contributed by atoms with Crippen molar-refractivity contribution in [1.29, 1.82) is 0 Å². The Morgan fingerprint density at radius 2 is 1.66 bits per heavy atom. The Morgan fingerprint density at radius 3 is 2.41 bits per heavy atom. The van der Waals surface area contributed by atoms with Gasteiger partial charge in [0.05, 0.1) is 5.52 Å². The van der Waals surface area contributed by atoms with Crippen LogP contribution in [-0.4, -0.2) is 57.6 Å². The van der Waals surface area contributed by atoms with Crippen molar-refractivity contribution in [2.24, 2.45) is 0 Å². The lowest BCUT2D eigenvalue weighted by Crippen LogP contribution is -2.48. The van der Waals surface area contributed by atoms with Gasteiger partial charge in [0.15, 0.2) is 5.03 Å². The van der Waals surface area contributed by atoms with Crippen molar-refractivity contribution < 1.29 is 8.42 Å². The number of fused-ring (bicyclic) bond motifs is 1. The Morgan fingerprint density at radius 1 is 0.931 bits per heavy atom. The minimum Gasteiger partial charge on any atom is -0.369 e. The molecule has 6 nitrogen and oxygen atoms in total. The molecule has 0 aliphatic carbocycles. The summed E-state index contributed by atoms with van der Waals surface area (Å²) in [5, 5.41) is 1.72. The molecule has 152 valence electrons. The summed E-state index contributed by atoms with van der Waals surface area (Å²) in [6.07, 6.45) is 0. The SMILES string of the molecule is O=S(=O)(NCCN1CCN(c2ccc(Cl)cc2)CC1)c1ccc2ccccc2n1. The summed E-state index contributed by atoms with van der Waals surface area (Å²) in [4.78, 5) is 8.86. The number of rotatable bonds is 6. The monoisotopic (exact) mass is 430 g/mol. The number of sulfonamides is 1. The summed E-state index contributed by atoms with van der Waals surface area (Å²) < 4.78 is 27.8. The van der Waals surface area contributed by atoms with E-state index in [1.807, 2.05) is 48.5 Å². The van der Waals surface area contributed by atoms with Gasteiger partial charge in [0.25, 0.3) is 10.0 Å².